The molecule has 1 fully saturated rings. The molecule has 1 unspecified atom stereocenters. The van der Waals surface area contributed by atoms with Gasteiger partial charge in [-0.15, -0.1) is 0 Å². The molecule has 3 heteroatoms. The van der Waals surface area contributed by atoms with E-state index in [0.29, 0.717) is 19.0 Å². The van der Waals surface area contributed by atoms with Crippen LogP contribution in [-0.2, 0) is 11.3 Å². The van der Waals surface area contributed by atoms with Crippen molar-refractivity contribution in [3.05, 3.63) is 29.8 Å². The average molecular weight is 219 g/mol. The molecule has 0 saturated carbocycles. The molecule has 1 aromatic rings. The Morgan fingerprint density at radius 1 is 1.44 bits per heavy atom. The van der Waals surface area contributed by atoms with Crippen LogP contribution in [0.5, 0.6) is 5.75 Å². The largest absolute Gasteiger partial charge is 0.496 e. The molecule has 0 radical (unpaired) electrons. The molecule has 0 spiro atoms. The van der Waals surface area contributed by atoms with Crippen molar-refractivity contribution in [3.8, 4) is 5.75 Å². The van der Waals surface area contributed by atoms with Crippen LogP contribution in [0.1, 0.15) is 25.3 Å². The third-order valence-corrected chi connectivity index (χ3v) is 3.16. The van der Waals surface area contributed by atoms with Crippen LogP contribution in [0.4, 0.5) is 0 Å². The lowest BCUT2D eigenvalue weighted by Gasteiger charge is -2.22. The van der Waals surface area contributed by atoms with Crippen LogP contribution < -0.4 is 4.74 Å². The van der Waals surface area contributed by atoms with E-state index in [1.54, 1.807) is 7.11 Å². The zero-order valence-corrected chi connectivity index (χ0v) is 9.77. The minimum atomic E-state index is 0.249. The predicted octanol–water partition coefficient (Wildman–Crippen LogP) is 2.21. The summed E-state index contributed by atoms with van der Waals surface area (Å²) in [6.07, 6.45) is 1.64. The van der Waals surface area contributed by atoms with Gasteiger partial charge in [-0.2, -0.15) is 0 Å². The number of ether oxygens (including phenoxy) is 1. The minimum absolute atomic E-state index is 0.249. The molecule has 0 N–H and O–H groups in total. The highest BCUT2D eigenvalue weighted by Gasteiger charge is 2.27. The standard InChI is InChI=1S/C13H17NO2/c1-10-7-8-13(15)14(10)9-11-5-3-4-6-12(11)16-2/h3-6,10H,7-9H2,1-2H3. The van der Waals surface area contributed by atoms with Crippen molar-refractivity contribution in [2.45, 2.75) is 32.4 Å². The Bertz CT molecular complexity index is 389. The average Bonchev–Trinajstić information content (AvgIpc) is 2.61. The van der Waals surface area contributed by atoms with E-state index in [0.717, 1.165) is 17.7 Å². The first kappa shape index (κ1) is 11.0. The van der Waals surface area contributed by atoms with E-state index in [4.69, 9.17) is 4.74 Å². The zero-order chi connectivity index (χ0) is 11.5. The molecule has 0 aliphatic carbocycles. The van der Waals surface area contributed by atoms with Crippen LogP contribution in [0.15, 0.2) is 24.3 Å². The topological polar surface area (TPSA) is 29.5 Å². The molecule has 1 heterocycles. The molecule has 1 aliphatic rings. The van der Waals surface area contributed by atoms with Gasteiger partial charge in [0, 0.05) is 24.6 Å². The van der Waals surface area contributed by atoms with Crippen molar-refractivity contribution in [2.75, 3.05) is 7.11 Å². The molecular formula is C13H17NO2. The number of methoxy groups -OCH3 is 1. The highest BCUT2D eigenvalue weighted by molar-refractivity contribution is 5.78. The van der Waals surface area contributed by atoms with Crippen LogP contribution in [0.3, 0.4) is 0 Å². The van der Waals surface area contributed by atoms with Gasteiger partial charge in [0.15, 0.2) is 0 Å². The van der Waals surface area contributed by atoms with E-state index in [2.05, 4.69) is 6.92 Å². The van der Waals surface area contributed by atoms with Crippen LogP contribution in [0, 0.1) is 0 Å². The minimum Gasteiger partial charge on any atom is -0.496 e. The Morgan fingerprint density at radius 3 is 2.81 bits per heavy atom. The number of carbonyl (C=O) groups excluding carboxylic acids is 1. The summed E-state index contributed by atoms with van der Waals surface area (Å²) in [4.78, 5) is 13.6. The number of carbonyl (C=O) groups is 1. The summed E-state index contributed by atoms with van der Waals surface area (Å²) in [5.74, 6) is 1.10. The quantitative estimate of drug-likeness (QED) is 0.780. The van der Waals surface area contributed by atoms with Gasteiger partial charge in [-0.25, -0.2) is 0 Å². The molecule has 1 aromatic carbocycles. The van der Waals surface area contributed by atoms with Crippen LogP contribution in [0.25, 0.3) is 0 Å². The number of rotatable bonds is 3. The Kier molecular flexibility index (Phi) is 3.13. The van der Waals surface area contributed by atoms with Gasteiger partial charge in [-0.05, 0) is 19.4 Å². The van der Waals surface area contributed by atoms with Crippen molar-refractivity contribution in [3.63, 3.8) is 0 Å². The van der Waals surface area contributed by atoms with Gasteiger partial charge in [0.1, 0.15) is 5.75 Å². The summed E-state index contributed by atoms with van der Waals surface area (Å²) in [6, 6.07) is 8.20. The molecular weight excluding hydrogens is 202 g/mol. The van der Waals surface area contributed by atoms with Crippen molar-refractivity contribution in [1.29, 1.82) is 0 Å². The lowest BCUT2D eigenvalue weighted by molar-refractivity contribution is -0.129. The molecule has 0 bridgehead atoms. The Labute approximate surface area is 96.0 Å². The maximum atomic E-state index is 11.7. The van der Waals surface area contributed by atoms with Gasteiger partial charge in [0.05, 0.1) is 7.11 Å². The monoisotopic (exact) mass is 219 g/mol. The van der Waals surface area contributed by atoms with E-state index >= 15 is 0 Å². The summed E-state index contributed by atoms with van der Waals surface area (Å²) < 4.78 is 5.29. The fourth-order valence-electron chi connectivity index (χ4n) is 2.14. The van der Waals surface area contributed by atoms with Crippen molar-refractivity contribution in [2.24, 2.45) is 0 Å². The zero-order valence-electron chi connectivity index (χ0n) is 9.77. The maximum absolute atomic E-state index is 11.7. The van der Waals surface area contributed by atoms with E-state index in [1.165, 1.54) is 0 Å². The van der Waals surface area contributed by atoms with Gasteiger partial charge in [0.25, 0.3) is 0 Å². The van der Waals surface area contributed by atoms with Crippen molar-refractivity contribution < 1.29 is 9.53 Å². The first-order chi connectivity index (χ1) is 7.72. The second kappa shape index (κ2) is 4.56. The maximum Gasteiger partial charge on any atom is 0.223 e. The second-order valence-electron chi connectivity index (χ2n) is 4.22. The molecule has 1 saturated heterocycles. The third kappa shape index (κ3) is 2.03. The van der Waals surface area contributed by atoms with E-state index in [-0.39, 0.29) is 5.91 Å². The SMILES string of the molecule is COc1ccccc1CN1C(=O)CCC1C. The Morgan fingerprint density at radius 2 is 2.19 bits per heavy atom. The smallest absolute Gasteiger partial charge is 0.223 e. The number of hydrogen-bond donors (Lipinski definition) is 0. The second-order valence-corrected chi connectivity index (χ2v) is 4.22. The predicted molar refractivity (Wildman–Crippen MR) is 62.2 cm³/mol. The fourth-order valence-corrected chi connectivity index (χ4v) is 2.14. The number of amides is 1. The molecule has 1 amide bonds. The molecule has 1 atom stereocenters. The van der Waals surface area contributed by atoms with E-state index in [1.807, 2.05) is 29.2 Å². The first-order valence-electron chi connectivity index (χ1n) is 5.63. The van der Waals surface area contributed by atoms with Gasteiger partial charge < -0.3 is 9.64 Å². The molecule has 86 valence electrons. The highest BCUT2D eigenvalue weighted by Crippen LogP contribution is 2.25. The highest BCUT2D eigenvalue weighted by atomic mass is 16.5. The number of nitrogens with zero attached hydrogens (tertiary/aromatic N) is 1. The Hall–Kier alpha value is -1.51. The summed E-state index contributed by atoms with van der Waals surface area (Å²) in [5.41, 5.74) is 1.08. The number of likely N-dealkylation sites (tertiary alicyclic amines) is 1. The summed E-state index contributed by atoms with van der Waals surface area (Å²) in [6.45, 7) is 2.75. The van der Waals surface area contributed by atoms with Gasteiger partial charge in [0.2, 0.25) is 5.91 Å². The molecule has 1 aliphatic heterocycles. The lowest BCUT2D eigenvalue weighted by Crippen LogP contribution is -2.30. The Balaban J connectivity index is 2.17. The van der Waals surface area contributed by atoms with E-state index in [9.17, 15) is 4.79 Å². The van der Waals surface area contributed by atoms with Crippen LogP contribution >= 0.6 is 0 Å². The fraction of sp³-hybridized carbons (Fsp3) is 0.462. The number of hydrogen-bond acceptors (Lipinski definition) is 2. The molecule has 2 rings (SSSR count). The molecule has 3 nitrogen and oxygen atoms in total. The van der Waals surface area contributed by atoms with Gasteiger partial charge in [-0.1, -0.05) is 18.2 Å². The normalized spacial score (nSPS) is 20.2. The number of para-hydroxylation sites is 1. The summed E-state index contributed by atoms with van der Waals surface area (Å²) >= 11 is 0. The molecule has 16 heavy (non-hydrogen) atoms. The van der Waals surface area contributed by atoms with Gasteiger partial charge in [-0.3, -0.25) is 4.79 Å². The van der Waals surface area contributed by atoms with Crippen molar-refractivity contribution >= 4 is 5.91 Å². The molecule has 0 aromatic heterocycles. The lowest BCUT2D eigenvalue weighted by atomic mass is 10.1. The van der Waals surface area contributed by atoms with Crippen molar-refractivity contribution in [1.82, 2.24) is 4.90 Å². The summed E-state index contributed by atoms with van der Waals surface area (Å²) in [5, 5.41) is 0. The first-order valence-corrected chi connectivity index (χ1v) is 5.63. The van der Waals surface area contributed by atoms with Crippen LogP contribution in [0.2, 0.25) is 0 Å². The van der Waals surface area contributed by atoms with Crippen LogP contribution in [-0.4, -0.2) is 24.0 Å². The van der Waals surface area contributed by atoms with Gasteiger partial charge >= 0.3 is 0 Å². The van der Waals surface area contributed by atoms with E-state index < -0.39 is 0 Å². The number of benzene rings is 1. The third-order valence-electron chi connectivity index (χ3n) is 3.16. The summed E-state index contributed by atoms with van der Waals surface area (Å²) in [7, 11) is 1.66.